The van der Waals surface area contributed by atoms with E-state index in [-0.39, 0.29) is 5.84 Å². The molecule has 0 fully saturated rings. The molecule has 17 heavy (non-hydrogen) atoms. The van der Waals surface area contributed by atoms with E-state index in [1.807, 2.05) is 26.8 Å². The molecule has 0 aromatic carbocycles. The van der Waals surface area contributed by atoms with Gasteiger partial charge in [-0.15, -0.1) is 0 Å². The van der Waals surface area contributed by atoms with Crippen molar-refractivity contribution in [3.8, 4) is 0 Å². The number of amidine groups is 1. The first-order chi connectivity index (χ1) is 8.10. The molecule has 0 aromatic heterocycles. The van der Waals surface area contributed by atoms with Crippen molar-refractivity contribution in [2.45, 2.75) is 27.7 Å². The van der Waals surface area contributed by atoms with Crippen LogP contribution < -0.4 is 5.32 Å². The van der Waals surface area contributed by atoms with Gasteiger partial charge in [0.25, 0.3) is 0 Å². The van der Waals surface area contributed by atoms with Crippen LogP contribution in [0.4, 0.5) is 0 Å². The van der Waals surface area contributed by atoms with Gasteiger partial charge in [0, 0.05) is 18.1 Å². The van der Waals surface area contributed by atoms with E-state index in [0.717, 1.165) is 11.3 Å². The monoisotopic (exact) mass is 233 g/mol. The highest BCUT2D eigenvalue weighted by molar-refractivity contribution is 5.96. The van der Waals surface area contributed by atoms with Gasteiger partial charge in [-0.3, -0.25) is 10.4 Å². The predicted octanol–water partition coefficient (Wildman–Crippen LogP) is 3.39. The second kappa shape index (κ2) is 8.15. The van der Waals surface area contributed by atoms with E-state index >= 15 is 0 Å². The summed E-state index contributed by atoms with van der Waals surface area (Å²) >= 11 is 0. The maximum Gasteiger partial charge on any atom is 0.150 e. The van der Waals surface area contributed by atoms with Crippen LogP contribution in [0, 0.1) is 10.9 Å². The Bertz CT molecular complexity index is 399. The van der Waals surface area contributed by atoms with Crippen LogP contribution in [0.2, 0.25) is 0 Å². The summed E-state index contributed by atoms with van der Waals surface area (Å²) in [5.41, 5.74) is 8.92. The van der Waals surface area contributed by atoms with E-state index in [9.17, 15) is 0 Å². The Kier molecular flexibility index (Phi) is 7.17. The van der Waals surface area contributed by atoms with E-state index in [1.165, 1.54) is 0 Å². The smallest absolute Gasteiger partial charge is 0.150 e. The molecule has 0 unspecified atom stereocenters. The zero-order chi connectivity index (χ0) is 13.3. The van der Waals surface area contributed by atoms with Crippen LogP contribution >= 0.6 is 0 Å². The molecule has 0 aliphatic carbocycles. The van der Waals surface area contributed by atoms with Crippen LogP contribution in [-0.2, 0) is 0 Å². The molecule has 0 atom stereocenters. The SMILES string of the molecule is CC=N/C=C(C)/C(=C/C)NC(=N)/C(=C/C)N=N. The van der Waals surface area contributed by atoms with Crippen LogP contribution in [-0.4, -0.2) is 12.1 Å². The van der Waals surface area contributed by atoms with Crippen molar-refractivity contribution in [3.05, 3.63) is 35.3 Å². The van der Waals surface area contributed by atoms with Gasteiger partial charge >= 0.3 is 0 Å². The number of nitrogens with one attached hydrogen (secondary N) is 3. The van der Waals surface area contributed by atoms with E-state index in [2.05, 4.69) is 15.4 Å². The normalized spacial score (nSPS) is 14.0. The van der Waals surface area contributed by atoms with Crippen LogP contribution in [0.1, 0.15) is 27.7 Å². The van der Waals surface area contributed by atoms with Crippen molar-refractivity contribution < 1.29 is 0 Å². The molecule has 92 valence electrons. The first kappa shape index (κ1) is 15.0. The average molecular weight is 233 g/mol. The van der Waals surface area contributed by atoms with Gasteiger partial charge in [0.2, 0.25) is 0 Å². The predicted molar refractivity (Wildman–Crippen MR) is 71.4 cm³/mol. The minimum Gasteiger partial charge on any atom is -0.339 e. The Morgan fingerprint density at radius 2 is 1.82 bits per heavy atom. The van der Waals surface area contributed by atoms with Crippen molar-refractivity contribution in [2.24, 2.45) is 10.1 Å². The fraction of sp³-hybridized carbons (Fsp3) is 0.333. The summed E-state index contributed by atoms with van der Waals surface area (Å²) < 4.78 is 0. The van der Waals surface area contributed by atoms with Crippen LogP contribution in [0.15, 0.2) is 45.4 Å². The largest absolute Gasteiger partial charge is 0.339 e. The average Bonchev–Trinajstić information content (AvgIpc) is 2.34. The van der Waals surface area contributed by atoms with Crippen molar-refractivity contribution >= 4 is 12.1 Å². The number of allylic oxidation sites excluding steroid dienone is 3. The molecule has 0 rings (SSSR count). The van der Waals surface area contributed by atoms with Crippen molar-refractivity contribution in [2.75, 3.05) is 0 Å². The fourth-order valence-corrected chi connectivity index (χ4v) is 1.12. The lowest BCUT2D eigenvalue weighted by Gasteiger charge is -2.11. The molecule has 0 aliphatic heterocycles. The van der Waals surface area contributed by atoms with E-state index < -0.39 is 0 Å². The van der Waals surface area contributed by atoms with Gasteiger partial charge < -0.3 is 5.32 Å². The van der Waals surface area contributed by atoms with E-state index in [1.54, 1.807) is 25.4 Å². The molecule has 0 aliphatic rings. The third kappa shape index (κ3) is 5.01. The summed E-state index contributed by atoms with van der Waals surface area (Å²) in [7, 11) is 0. The van der Waals surface area contributed by atoms with Gasteiger partial charge in [-0.1, -0.05) is 12.2 Å². The minimum absolute atomic E-state index is 0.101. The summed E-state index contributed by atoms with van der Waals surface area (Å²) in [4.78, 5) is 4.02. The summed E-state index contributed by atoms with van der Waals surface area (Å²) in [5, 5.41) is 13.9. The maximum absolute atomic E-state index is 7.75. The highest BCUT2D eigenvalue weighted by atomic mass is 15.0. The molecular weight excluding hydrogens is 214 g/mol. The van der Waals surface area contributed by atoms with Crippen molar-refractivity contribution in [3.63, 3.8) is 0 Å². The van der Waals surface area contributed by atoms with Crippen LogP contribution in [0.25, 0.3) is 0 Å². The second-order valence-corrected chi connectivity index (χ2v) is 3.21. The van der Waals surface area contributed by atoms with Gasteiger partial charge in [0.05, 0.1) is 0 Å². The zero-order valence-electron chi connectivity index (χ0n) is 10.7. The molecule has 0 saturated carbocycles. The lowest BCUT2D eigenvalue weighted by atomic mass is 10.2. The molecule has 0 amide bonds. The van der Waals surface area contributed by atoms with Crippen molar-refractivity contribution in [1.82, 2.24) is 5.32 Å². The summed E-state index contributed by atoms with van der Waals surface area (Å²) in [6.45, 7) is 7.35. The minimum atomic E-state index is 0.101. The molecule has 5 nitrogen and oxygen atoms in total. The molecule has 0 aromatic rings. The molecule has 3 N–H and O–H groups in total. The lowest BCUT2D eigenvalue weighted by Crippen LogP contribution is -2.23. The van der Waals surface area contributed by atoms with Gasteiger partial charge in [0.1, 0.15) is 11.5 Å². The van der Waals surface area contributed by atoms with Gasteiger partial charge in [-0.2, -0.15) is 5.11 Å². The van der Waals surface area contributed by atoms with E-state index in [4.69, 9.17) is 10.9 Å². The van der Waals surface area contributed by atoms with Crippen LogP contribution in [0.3, 0.4) is 0 Å². The Balaban J connectivity index is 4.86. The quantitative estimate of drug-likeness (QED) is 0.289. The van der Waals surface area contributed by atoms with Gasteiger partial charge in [0.15, 0.2) is 0 Å². The first-order valence-electron chi connectivity index (χ1n) is 5.31. The van der Waals surface area contributed by atoms with Gasteiger partial charge in [-0.25, -0.2) is 5.53 Å². The molecular formula is C12H19N5. The lowest BCUT2D eigenvalue weighted by molar-refractivity contribution is 1.03. The third-order valence-corrected chi connectivity index (χ3v) is 2.04. The standard InChI is InChI=1S/C12H19N5/c1-5-10(9(4)8-15-7-3)16-12(13)11(6-2)17-14/h5-8,14H,1-4H3,(H2,13,16)/b9-8+,10-5-,11-6-,15-7?,17-14?. The number of hydrogen-bond acceptors (Lipinski definition) is 4. The van der Waals surface area contributed by atoms with Crippen LogP contribution in [0.5, 0.6) is 0 Å². The third-order valence-electron chi connectivity index (χ3n) is 2.04. The highest BCUT2D eigenvalue weighted by Gasteiger charge is 2.06. The maximum atomic E-state index is 7.75. The Hall–Kier alpha value is -2.04. The zero-order valence-corrected chi connectivity index (χ0v) is 10.7. The topological polar surface area (TPSA) is 84.5 Å². The molecule has 0 radical (unpaired) electrons. The number of rotatable bonds is 5. The molecule has 0 saturated heterocycles. The fourth-order valence-electron chi connectivity index (χ4n) is 1.12. The Morgan fingerprint density at radius 1 is 1.18 bits per heavy atom. The molecule has 0 bridgehead atoms. The highest BCUT2D eigenvalue weighted by Crippen LogP contribution is 2.08. The molecule has 5 heteroatoms. The second-order valence-electron chi connectivity index (χ2n) is 3.21. The number of nitrogens with zero attached hydrogens (tertiary/aromatic N) is 2. The number of aliphatic imine (C=N–C) groups is 1. The number of hydrogen-bond donors (Lipinski definition) is 3. The Morgan fingerprint density at radius 3 is 2.24 bits per heavy atom. The van der Waals surface area contributed by atoms with Crippen molar-refractivity contribution in [1.29, 1.82) is 10.9 Å². The summed E-state index contributed by atoms with van der Waals surface area (Å²) in [6.07, 6.45) is 6.86. The molecule has 0 heterocycles. The van der Waals surface area contributed by atoms with Gasteiger partial charge in [-0.05, 0) is 33.3 Å². The Labute approximate surface area is 102 Å². The molecule has 0 spiro atoms. The van der Waals surface area contributed by atoms with E-state index in [0.29, 0.717) is 5.70 Å². The summed E-state index contributed by atoms with van der Waals surface area (Å²) in [5.74, 6) is 0.101. The first-order valence-corrected chi connectivity index (χ1v) is 5.31. The summed E-state index contributed by atoms with van der Waals surface area (Å²) in [6, 6.07) is 0.